The fourth-order valence-corrected chi connectivity index (χ4v) is 1.31. The molecule has 0 saturated heterocycles. The number of alkyl halides is 1. The second kappa shape index (κ2) is 6.70. The molecule has 0 amide bonds. The summed E-state index contributed by atoms with van der Waals surface area (Å²) in [4.78, 5) is 0. The van der Waals surface area contributed by atoms with Gasteiger partial charge in [-0.15, -0.1) is 11.6 Å². The molecule has 0 rings (SSSR count). The van der Waals surface area contributed by atoms with E-state index in [2.05, 4.69) is 26.1 Å². The van der Waals surface area contributed by atoms with Crippen molar-refractivity contribution in [3.63, 3.8) is 0 Å². The summed E-state index contributed by atoms with van der Waals surface area (Å²) in [7, 11) is 1.72. The Hall–Kier alpha value is 0.210. The third-order valence-corrected chi connectivity index (χ3v) is 2.55. The van der Waals surface area contributed by atoms with Gasteiger partial charge in [0, 0.05) is 25.1 Å². The third-order valence-electron chi connectivity index (χ3n) is 2.06. The van der Waals surface area contributed by atoms with Crippen molar-refractivity contribution in [2.75, 3.05) is 19.6 Å². The maximum atomic E-state index is 5.74. The lowest BCUT2D eigenvalue weighted by molar-refractivity contribution is 0.164. The first kappa shape index (κ1) is 12.2. The summed E-state index contributed by atoms with van der Waals surface area (Å²) >= 11 is 5.74. The van der Waals surface area contributed by atoms with Gasteiger partial charge in [-0.25, -0.2) is 0 Å². The quantitative estimate of drug-likeness (QED) is 0.651. The minimum atomic E-state index is 0.399. The normalized spacial score (nSPS) is 18.8. The van der Waals surface area contributed by atoms with Crippen molar-refractivity contribution in [3.8, 4) is 0 Å². The standard InChI is InChI=1S/C9H20ClNO/c1-7(5-10)9(3)11-8(2)6-12-4/h7-9,11H,5-6H2,1-4H3. The molecule has 0 aliphatic rings. The van der Waals surface area contributed by atoms with Crippen LogP contribution in [0.15, 0.2) is 0 Å². The van der Waals surface area contributed by atoms with Crippen LogP contribution in [0.1, 0.15) is 20.8 Å². The van der Waals surface area contributed by atoms with Crippen LogP contribution in [0.5, 0.6) is 0 Å². The van der Waals surface area contributed by atoms with Crippen LogP contribution in [0, 0.1) is 5.92 Å². The maximum Gasteiger partial charge on any atom is 0.0613 e. The van der Waals surface area contributed by atoms with Gasteiger partial charge in [0.25, 0.3) is 0 Å². The first-order valence-corrected chi connectivity index (χ1v) is 4.96. The van der Waals surface area contributed by atoms with Crippen molar-refractivity contribution in [2.24, 2.45) is 5.92 Å². The highest BCUT2D eigenvalue weighted by atomic mass is 35.5. The van der Waals surface area contributed by atoms with E-state index in [0.717, 1.165) is 6.61 Å². The van der Waals surface area contributed by atoms with Crippen LogP contribution in [-0.4, -0.2) is 31.7 Å². The molecule has 0 saturated carbocycles. The highest BCUT2D eigenvalue weighted by Gasteiger charge is 2.12. The average Bonchev–Trinajstić information content (AvgIpc) is 2.03. The van der Waals surface area contributed by atoms with Gasteiger partial charge in [-0.1, -0.05) is 6.92 Å². The van der Waals surface area contributed by atoms with Crippen LogP contribution in [0.25, 0.3) is 0 Å². The number of hydrogen-bond donors (Lipinski definition) is 1. The van der Waals surface area contributed by atoms with Gasteiger partial charge in [-0.05, 0) is 19.8 Å². The number of hydrogen-bond acceptors (Lipinski definition) is 2. The molecular weight excluding hydrogens is 174 g/mol. The van der Waals surface area contributed by atoms with Gasteiger partial charge < -0.3 is 10.1 Å². The average molecular weight is 194 g/mol. The molecule has 3 heteroatoms. The van der Waals surface area contributed by atoms with E-state index in [-0.39, 0.29) is 0 Å². The van der Waals surface area contributed by atoms with E-state index < -0.39 is 0 Å². The van der Waals surface area contributed by atoms with Crippen molar-refractivity contribution >= 4 is 11.6 Å². The van der Waals surface area contributed by atoms with Crippen LogP contribution in [-0.2, 0) is 4.74 Å². The highest BCUT2D eigenvalue weighted by molar-refractivity contribution is 6.18. The van der Waals surface area contributed by atoms with Crippen molar-refractivity contribution < 1.29 is 4.74 Å². The molecule has 0 radical (unpaired) electrons. The summed E-state index contributed by atoms with van der Waals surface area (Å²) in [5, 5.41) is 3.42. The molecule has 74 valence electrons. The largest absolute Gasteiger partial charge is 0.383 e. The molecule has 0 heterocycles. The fraction of sp³-hybridized carbons (Fsp3) is 1.00. The lowest BCUT2D eigenvalue weighted by Crippen LogP contribution is -2.41. The van der Waals surface area contributed by atoms with Gasteiger partial charge in [-0.2, -0.15) is 0 Å². The topological polar surface area (TPSA) is 21.3 Å². The molecule has 0 aromatic heterocycles. The van der Waals surface area contributed by atoms with Crippen molar-refractivity contribution in [3.05, 3.63) is 0 Å². The predicted octanol–water partition coefficient (Wildman–Crippen LogP) is 1.87. The number of nitrogens with one attached hydrogen (secondary N) is 1. The third kappa shape index (κ3) is 4.96. The monoisotopic (exact) mass is 193 g/mol. The SMILES string of the molecule is COCC(C)NC(C)C(C)CCl. The molecular formula is C9H20ClNO. The summed E-state index contributed by atoms with van der Waals surface area (Å²) in [5.41, 5.74) is 0. The summed E-state index contributed by atoms with van der Waals surface area (Å²) in [6, 6.07) is 0.850. The minimum Gasteiger partial charge on any atom is -0.383 e. The van der Waals surface area contributed by atoms with Crippen LogP contribution >= 0.6 is 11.6 Å². The van der Waals surface area contributed by atoms with Crippen molar-refractivity contribution in [1.82, 2.24) is 5.32 Å². The summed E-state index contributed by atoms with van der Waals surface area (Å²) in [6.07, 6.45) is 0. The Balaban J connectivity index is 3.59. The molecule has 0 aliphatic carbocycles. The molecule has 3 unspecified atom stereocenters. The Morgan fingerprint density at radius 3 is 2.33 bits per heavy atom. The van der Waals surface area contributed by atoms with Gasteiger partial charge in [0.15, 0.2) is 0 Å². The maximum absolute atomic E-state index is 5.74. The molecule has 0 aromatic carbocycles. The lowest BCUT2D eigenvalue weighted by atomic mass is 10.1. The molecule has 0 spiro atoms. The second-order valence-corrected chi connectivity index (χ2v) is 3.75. The Morgan fingerprint density at radius 2 is 1.92 bits per heavy atom. The van der Waals surface area contributed by atoms with Gasteiger partial charge in [0.05, 0.1) is 6.61 Å². The van der Waals surface area contributed by atoms with Gasteiger partial charge >= 0.3 is 0 Å². The molecule has 1 N–H and O–H groups in total. The zero-order valence-corrected chi connectivity index (χ0v) is 9.19. The molecule has 2 nitrogen and oxygen atoms in total. The van der Waals surface area contributed by atoms with Crippen LogP contribution in [0.3, 0.4) is 0 Å². The van der Waals surface area contributed by atoms with Gasteiger partial charge in [0.1, 0.15) is 0 Å². The Kier molecular flexibility index (Phi) is 6.81. The number of ether oxygens (including phenoxy) is 1. The molecule has 12 heavy (non-hydrogen) atoms. The summed E-state index contributed by atoms with van der Waals surface area (Å²) in [6.45, 7) is 7.16. The predicted molar refractivity (Wildman–Crippen MR) is 53.8 cm³/mol. The Bertz CT molecular complexity index is 111. The molecule has 3 atom stereocenters. The van der Waals surface area contributed by atoms with E-state index >= 15 is 0 Å². The second-order valence-electron chi connectivity index (χ2n) is 3.44. The van der Waals surface area contributed by atoms with E-state index in [1.165, 1.54) is 0 Å². The number of methoxy groups -OCH3 is 1. The number of halogens is 1. The summed E-state index contributed by atoms with van der Waals surface area (Å²) in [5.74, 6) is 1.21. The van der Waals surface area contributed by atoms with Crippen LogP contribution < -0.4 is 5.32 Å². The lowest BCUT2D eigenvalue weighted by Gasteiger charge is -2.23. The highest BCUT2D eigenvalue weighted by Crippen LogP contribution is 2.05. The van der Waals surface area contributed by atoms with Gasteiger partial charge in [-0.3, -0.25) is 0 Å². The first-order chi connectivity index (χ1) is 5.61. The van der Waals surface area contributed by atoms with E-state index in [0.29, 0.717) is 23.9 Å². The van der Waals surface area contributed by atoms with Gasteiger partial charge in [0.2, 0.25) is 0 Å². The molecule has 0 aromatic rings. The Morgan fingerprint density at radius 1 is 1.33 bits per heavy atom. The zero-order chi connectivity index (χ0) is 9.56. The Labute approximate surface area is 80.6 Å². The van der Waals surface area contributed by atoms with Crippen molar-refractivity contribution in [1.29, 1.82) is 0 Å². The van der Waals surface area contributed by atoms with Crippen molar-refractivity contribution in [2.45, 2.75) is 32.9 Å². The minimum absolute atomic E-state index is 0.399. The number of rotatable bonds is 6. The first-order valence-electron chi connectivity index (χ1n) is 4.42. The fourth-order valence-electron chi connectivity index (χ4n) is 1.04. The van der Waals surface area contributed by atoms with E-state index in [1.807, 2.05) is 0 Å². The molecule has 0 fully saturated rings. The molecule has 0 aliphatic heterocycles. The van der Waals surface area contributed by atoms with Crippen LogP contribution in [0.4, 0.5) is 0 Å². The van der Waals surface area contributed by atoms with Crippen LogP contribution in [0.2, 0.25) is 0 Å². The smallest absolute Gasteiger partial charge is 0.0613 e. The molecule has 0 bridgehead atoms. The summed E-state index contributed by atoms with van der Waals surface area (Å²) < 4.78 is 5.02. The van der Waals surface area contributed by atoms with E-state index in [1.54, 1.807) is 7.11 Å². The van der Waals surface area contributed by atoms with E-state index in [9.17, 15) is 0 Å². The zero-order valence-electron chi connectivity index (χ0n) is 8.43. The van der Waals surface area contributed by atoms with E-state index in [4.69, 9.17) is 16.3 Å².